The van der Waals surface area contributed by atoms with Gasteiger partial charge in [0.25, 0.3) is 11.8 Å². The molecule has 2 heterocycles. The molecule has 12 heteroatoms. The predicted molar refractivity (Wildman–Crippen MR) is 132 cm³/mol. The van der Waals surface area contributed by atoms with Crippen molar-refractivity contribution in [3.8, 4) is 28.5 Å². The lowest BCUT2D eigenvalue weighted by Crippen LogP contribution is -2.33. The van der Waals surface area contributed by atoms with Crippen LogP contribution in [0.4, 0.5) is 18.9 Å². The molecule has 4 aromatic rings. The molecule has 0 saturated heterocycles. The molecule has 0 bridgehead atoms. The highest BCUT2D eigenvalue weighted by molar-refractivity contribution is 6.03. The van der Waals surface area contributed by atoms with Gasteiger partial charge in [-0.05, 0) is 43.2 Å². The number of H-pyrrole nitrogens is 1. The lowest BCUT2D eigenvalue weighted by molar-refractivity contribution is -0.274. The number of aromatic nitrogens is 3. The Morgan fingerprint density at radius 3 is 2.50 bits per heavy atom. The van der Waals surface area contributed by atoms with E-state index < -0.39 is 18.0 Å². The van der Waals surface area contributed by atoms with Crippen molar-refractivity contribution < 1.29 is 31.9 Å². The number of aromatic amines is 1. The molecule has 2 aromatic carbocycles. The number of ether oxygens (including phenoxy) is 1. The lowest BCUT2D eigenvalue weighted by atomic mass is 10.1. The fraction of sp³-hybridized carbons (Fsp3) is 0.231. The van der Waals surface area contributed by atoms with E-state index >= 15 is 0 Å². The van der Waals surface area contributed by atoms with E-state index in [1.54, 1.807) is 24.3 Å². The van der Waals surface area contributed by atoms with Crippen LogP contribution in [0, 0.1) is 0 Å². The fourth-order valence-corrected chi connectivity index (χ4v) is 3.63. The van der Waals surface area contributed by atoms with Crippen LogP contribution in [0.3, 0.4) is 0 Å². The van der Waals surface area contributed by atoms with E-state index in [9.17, 15) is 22.8 Å². The second-order valence-electron chi connectivity index (χ2n) is 8.29. The SMILES string of the molecule is CCC(CC)NC(=O)c1cnc(-c2cccc(-c3cc(C(=O)Nc4cccc(OC(F)(F)F)c4)[nH]n3)c2)o1. The Kier molecular flexibility index (Phi) is 7.79. The van der Waals surface area contributed by atoms with Crippen molar-refractivity contribution >= 4 is 17.5 Å². The van der Waals surface area contributed by atoms with E-state index in [1.165, 1.54) is 24.4 Å². The van der Waals surface area contributed by atoms with E-state index in [4.69, 9.17) is 4.42 Å². The number of amides is 2. The van der Waals surface area contributed by atoms with Crippen molar-refractivity contribution in [3.05, 3.63) is 72.2 Å². The maximum atomic E-state index is 12.6. The lowest BCUT2D eigenvalue weighted by Gasteiger charge is -2.12. The molecular formula is C26H24F3N5O4. The van der Waals surface area contributed by atoms with Crippen molar-refractivity contribution in [2.75, 3.05) is 5.32 Å². The Morgan fingerprint density at radius 1 is 1.03 bits per heavy atom. The van der Waals surface area contributed by atoms with E-state index in [2.05, 4.69) is 30.6 Å². The molecule has 9 nitrogen and oxygen atoms in total. The number of oxazole rings is 1. The summed E-state index contributed by atoms with van der Waals surface area (Å²) in [5.41, 5.74) is 1.87. The number of benzene rings is 2. The minimum Gasteiger partial charge on any atom is -0.431 e. The predicted octanol–water partition coefficient (Wildman–Crippen LogP) is 5.80. The number of rotatable bonds is 9. The monoisotopic (exact) mass is 527 g/mol. The van der Waals surface area contributed by atoms with Gasteiger partial charge in [-0.25, -0.2) is 4.98 Å². The number of nitrogens with zero attached hydrogens (tertiary/aromatic N) is 2. The largest absolute Gasteiger partial charge is 0.573 e. The first-order valence-corrected chi connectivity index (χ1v) is 11.7. The molecule has 0 aliphatic rings. The summed E-state index contributed by atoms with van der Waals surface area (Å²) in [6.45, 7) is 3.97. The molecule has 0 atom stereocenters. The zero-order valence-corrected chi connectivity index (χ0v) is 20.4. The highest BCUT2D eigenvalue weighted by Gasteiger charge is 2.31. The number of nitrogens with one attached hydrogen (secondary N) is 3. The average Bonchev–Trinajstić information content (AvgIpc) is 3.57. The molecule has 2 aromatic heterocycles. The third-order valence-electron chi connectivity index (χ3n) is 5.60. The summed E-state index contributed by atoms with van der Waals surface area (Å²) in [6.07, 6.45) is -1.88. The van der Waals surface area contributed by atoms with Crippen LogP contribution in [0.2, 0.25) is 0 Å². The topological polar surface area (TPSA) is 122 Å². The van der Waals surface area contributed by atoms with Crippen molar-refractivity contribution in [1.82, 2.24) is 20.5 Å². The van der Waals surface area contributed by atoms with Crippen LogP contribution in [0.25, 0.3) is 22.7 Å². The van der Waals surface area contributed by atoms with Crippen molar-refractivity contribution in [2.24, 2.45) is 0 Å². The Labute approximate surface area is 215 Å². The van der Waals surface area contributed by atoms with Gasteiger partial charge in [0.15, 0.2) is 0 Å². The standard InChI is InChI=1S/C26H24F3N5O4/c1-3-17(4-2)31-24(36)22-14-30-25(37-22)16-8-5-7-15(11-16)20-13-21(34-33-20)23(35)32-18-9-6-10-19(12-18)38-26(27,28)29/h5-14,17H,3-4H2,1-2H3,(H,31,36)(H,32,35)(H,33,34). The van der Waals surface area contributed by atoms with E-state index in [0.717, 1.165) is 25.0 Å². The fourth-order valence-electron chi connectivity index (χ4n) is 3.63. The van der Waals surface area contributed by atoms with Crippen LogP contribution in [-0.2, 0) is 0 Å². The molecule has 0 spiro atoms. The molecule has 2 amide bonds. The number of hydrogen-bond acceptors (Lipinski definition) is 6. The van der Waals surface area contributed by atoms with E-state index in [-0.39, 0.29) is 35.0 Å². The molecule has 0 aliphatic carbocycles. The third-order valence-corrected chi connectivity index (χ3v) is 5.60. The van der Waals surface area contributed by atoms with E-state index in [0.29, 0.717) is 16.8 Å². The summed E-state index contributed by atoms with van der Waals surface area (Å²) in [4.78, 5) is 29.3. The quantitative estimate of drug-likeness (QED) is 0.253. The number of carbonyl (C=O) groups is 2. The van der Waals surface area contributed by atoms with Crippen LogP contribution < -0.4 is 15.4 Å². The number of carbonyl (C=O) groups excluding carboxylic acids is 2. The Bertz CT molecular complexity index is 1430. The van der Waals surface area contributed by atoms with Crippen LogP contribution in [0.15, 0.2) is 65.2 Å². The zero-order chi connectivity index (χ0) is 27.3. The van der Waals surface area contributed by atoms with Gasteiger partial charge in [-0.15, -0.1) is 13.2 Å². The average molecular weight is 528 g/mol. The maximum absolute atomic E-state index is 12.6. The molecule has 3 N–H and O–H groups in total. The molecule has 0 radical (unpaired) electrons. The summed E-state index contributed by atoms with van der Waals surface area (Å²) >= 11 is 0. The maximum Gasteiger partial charge on any atom is 0.573 e. The van der Waals surface area contributed by atoms with Gasteiger partial charge in [0.05, 0.1) is 11.9 Å². The van der Waals surface area contributed by atoms with Crippen LogP contribution in [0.5, 0.6) is 5.75 Å². The van der Waals surface area contributed by atoms with Crippen molar-refractivity contribution in [1.29, 1.82) is 0 Å². The number of hydrogen-bond donors (Lipinski definition) is 3. The van der Waals surface area contributed by atoms with Gasteiger partial charge < -0.3 is 19.8 Å². The van der Waals surface area contributed by atoms with Gasteiger partial charge in [0.1, 0.15) is 11.4 Å². The molecule has 0 unspecified atom stereocenters. The van der Waals surface area contributed by atoms with Gasteiger partial charge in [-0.3, -0.25) is 14.7 Å². The Balaban J connectivity index is 1.46. The normalized spacial score (nSPS) is 11.4. The molecule has 0 fully saturated rings. The summed E-state index contributed by atoms with van der Waals surface area (Å²) in [7, 11) is 0. The molecule has 0 aliphatic heterocycles. The van der Waals surface area contributed by atoms with Gasteiger partial charge in [-0.1, -0.05) is 32.0 Å². The number of alkyl halides is 3. The highest BCUT2D eigenvalue weighted by atomic mass is 19.4. The van der Waals surface area contributed by atoms with Crippen LogP contribution in [0.1, 0.15) is 47.7 Å². The second kappa shape index (κ2) is 11.2. The molecule has 4 rings (SSSR count). The minimum absolute atomic E-state index is 0.0441. The van der Waals surface area contributed by atoms with Crippen molar-refractivity contribution in [3.63, 3.8) is 0 Å². The molecular weight excluding hydrogens is 503 g/mol. The molecule has 198 valence electrons. The Hall–Kier alpha value is -4.61. The third kappa shape index (κ3) is 6.58. The number of halogens is 3. The van der Waals surface area contributed by atoms with Gasteiger partial charge in [0.2, 0.25) is 11.7 Å². The summed E-state index contributed by atoms with van der Waals surface area (Å²) in [5.74, 6) is -1.06. The van der Waals surface area contributed by atoms with Gasteiger partial charge >= 0.3 is 6.36 Å². The Morgan fingerprint density at radius 2 is 1.76 bits per heavy atom. The van der Waals surface area contributed by atoms with Crippen molar-refractivity contribution in [2.45, 2.75) is 39.1 Å². The first kappa shape index (κ1) is 26.5. The van der Waals surface area contributed by atoms with Crippen LogP contribution >= 0.6 is 0 Å². The summed E-state index contributed by atoms with van der Waals surface area (Å²) < 4.78 is 46.9. The first-order chi connectivity index (χ1) is 18.1. The van der Waals surface area contributed by atoms with Gasteiger partial charge in [0, 0.05) is 28.9 Å². The highest BCUT2D eigenvalue weighted by Crippen LogP contribution is 2.27. The summed E-state index contributed by atoms with van der Waals surface area (Å²) in [5, 5.41) is 12.2. The zero-order valence-electron chi connectivity index (χ0n) is 20.4. The first-order valence-electron chi connectivity index (χ1n) is 11.7. The van der Waals surface area contributed by atoms with E-state index in [1.807, 2.05) is 13.8 Å². The molecule has 38 heavy (non-hydrogen) atoms. The number of anilines is 1. The van der Waals surface area contributed by atoms with Gasteiger partial charge in [-0.2, -0.15) is 5.10 Å². The molecule has 0 saturated carbocycles. The minimum atomic E-state index is -4.85. The smallest absolute Gasteiger partial charge is 0.431 e. The second-order valence-corrected chi connectivity index (χ2v) is 8.29. The summed E-state index contributed by atoms with van der Waals surface area (Å²) in [6, 6.07) is 13.5. The van der Waals surface area contributed by atoms with Crippen LogP contribution in [-0.4, -0.2) is 39.4 Å².